The van der Waals surface area contributed by atoms with Crippen LogP contribution in [0.2, 0.25) is 5.02 Å². The first-order valence-corrected chi connectivity index (χ1v) is 7.07. The predicted octanol–water partition coefficient (Wildman–Crippen LogP) is 1.56. The molecule has 7 heteroatoms. The van der Waals surface area contributed by atoms with Crippen LogP contribution in [-0.2, 0) is 7.05 Å². The van der Waals surface area contributed by atoms with Gasteiger partial charge in [-0.3, -0.25) is 0 Å². The molecule has 2 rings (SSSR count). The van der Waals surface area contributed by atoms with Crippen LogP contribution < -0.4 is 10.1 Å². The molecule has 0 saturated carbocycles. The van der Waals surface area contributed by atoms with Crippen LogP contribution in [0, 0.1) is 0 Å². The Morgan fingerprint density at radius 2 is 2.10 bits per heavy atom. The Balaban J connectivity index is 1.73. The van der Waals surface area contributed by atoms with Crippen molar-refractivity contribution >= 4 is 11.6 Å². The fourth-order valence-electron chi connectivity index (χ4n) is 1.87. The highest BCUT2D eigenvalue weighted by Crippen LogP contribution is 2.15. The van der Waals surface area contributed by atoms with Gasteiger partial charge >= 0.3 is 0 Å². The van der Waals surface area contributed by atoms with E-state index in [0.29, 0.717) is 17.3 Å². The summed E-state index contributed by atoms with van der Waals surface area (Å²) in [6.45, 7) is 2.58. The van der Waals surface area contributed by atoms with Crippen LogP contribution >= 0.6 is 11.6 Å². The third kappa shape index (κ3) is 4.70. The molecule has 114 valence electrons. The number of nitrogens with zero attached hydrogens (tertiary/aromatic N) is 3. The van der Waals surface area contributed by atoms with Gasteiger partial charge in [-0.05, 0) is 31.2 Å². The highest BCUT2D eigenvalue weighted by Gasteiger charge is 2.13. The number of nitrogens with one attached hydrogen (secondary N) is 1. The number of aromatic nitrogens is 3. The quantitative estimate of drug-likeness (QED) is 0.812. The molecule has 2 atom stereocenters. The lowest BCUT2D eigenvalue weighted by Crippen LogP contribution is -2.33. The molecule has 0 aliphatic carbocycles. The summed E-state index contributed by atoms with van der Waals surface area (Å²) < 4.78 is 7.33. The Morgan fingerprint density at radius 1 is 1.38 bits per heavy atom. The molecule has 6 nitrogen and oxygen atoms in total. The van der Waals surface area contributed by atoms with E-state index in [4.69, 9.17) is 16.3 Å². The zero-order valence-corrected chi connectivity index (χ0v) is 12.8. The summed E-state index contributed by atoms with van der Waals surface area (Å²) in [6, 6.07) is 7.03. The van der Waals surface area contributed by atoms with E-state index in [9.17, 15) is 5.11 Å². The van der Waals surface area contributed by atoms with Crippen LogP contribution in [0.25, 0.3) is 0 Å². The molecule has 0 radical (unpaired) electrons. The second-order valence-corrected chi connectivity index (χ2v) is 5.29. The summed E-state index contributed by atoms with van der Waals surface area (Å²) in [6.07, 6.45) is 1.03. The van der Waals surface area contributed by atoms with Gasteiger partial charge in [-0.1, -0.05) is 11.6 Å². The van der Waals surface area contributed by atoms with Crippen molar-refractivity contribution in [3.8, 4) is 5.75 Å². The molecule has 1 aromatic carbocycles. The molecule has 0 aliphatic heterocycles. The number of benzene rings is 1. The third-order valence-electron chi connectivity index (χ3n) is 3.05. The maximum atomic E-state index is 9.92. The molecule has 2 N–H and O–H groups in total. The van der Waals surface area contributed by atoms with Gasteiger partial charge in [0.25, 0.3) is 0 Å². The fraction of sp³-hybridized carbons (Fsp3) is 0.429. The molecule has 0 fully saturated rings. The zero-order valence-electron chi connectivity index (χ0n) is 12.0. The molecule has 1 heterocycles. The van der Waals surface area contributed by atoms with E-state index in [0.717, 1.165) is 5.82 Å². The van der Waals surface area contributed by atoms with E-state index in [1.165, 1.54) is 0 Å². The summed E-state index contributed by atoms with van der Waals surface area (Å²) in [5.41, 5.74) is 0. The smallest absolute Gasteiger partial charge is 0.149 e. The largest absolute Gasteiger partial charge is 0.491 e. The molecule has 0 spiro atoms. The zero-order chi connectivity index (χ0) is 15.2. The van der Waals surface area contributed by atoms with Crippen molar-refractivity contribution in [3.63, 3.8) is 0 Å². The monoisotopic (exact) mass is 310 g/mol. The Kier molecular flexibility index (Phi) is 5.55. The number of aliphatic hydroxyl groups is 1. The number of rotatable bonds is 7. The topological polar surface area (TPSA) is 72.2 Å². The number of aryl methyl sites for hydroxylation is 1. The summed E-state index contributed by atoms with van der Waals surface area (Å²) in [4.78, 5) is 0. The Morgan fingerprint density at radius 3 is 2.71 bits per heavy atom. The van der Waals surface area contributed by atoms with E-state index in [2.05, 4.69) is 15.5 Å². The van der Waals surface area contributed by atoms with Gasteiger partial charge in [-0.15, -0.1) is 10.2 Å². The average Bonchev–Trinajstić information content (AvgIpc) is 2.90. The Bertz CT molecular complexity index is 558. The average molecular weight is 311 g/mol. The van der Waals surface area contributed by atoms with E-state index < -0.39 is 6.10 Å². The van der Waals surface area contributed by atoms with Gasteiger partial charge in [0.15, 0.2) is 0 Å². The number of halogens is 1. The van der Waals surface area contributed by atoms with Crippen molar-refractivity contribution in [1.82, 2.24) is 20.1 Å². The second kappa shape index (κ2) is 7.40. The minimum absolute atomic E-state index is 0.00248. The first-order valence-electron chi connectivity index (χ1n) is 6.70. The highest BCUT2D eigenvalue weighted by molar-refractivity contribution is 6.30. The van der Waals surface area contributed by atoms with Gasteiger partial charge in [0.2, 0.25) is 0 Å². The van der Waals surface area contributed by atoms with Crippen molar-refractivity contribution in [2.75, 3.05) is 13.2 Å². The SMILES string of the molecule is CC(NCC(O)COc1ccc(Cl)cc1)c1nncn1C. The van der Waals surface area contributed by atoms with Crippen LogP contribution in [0.4, 0.5) is 0 Å². The number of hydrogen-bond donors (Lipinski definition) is 2. The Labute approximate surface area is 128 Å². The van der Waals surface area contributed by atoms with Gasteiger partial charge < -0.3 is 19.7 Å². The molecule has 21 heavy (non-hydrogen) atoms. The fourth-order valence-corrected chi connectivity index (χ4v) is 2.00. The molecule has 0 amide bonds. The minimum atomic E-state index is -0.614. The molecule has 0 bridgehead atoms. The minimum Gasteiger partial charge on any atom is -0.491 e. The van der Waals surface area contributed by atoms with Crippen molar-refractivity contribution in [2.45, 2.75) is 19.1 Å². The maximum absolute atomic E-state index is 9.92. The van der Waals surface area contributed by atoms with E-state index in [-0.39, 0.29) is 12.6 Å². The lowest BCUT2D eigenvalue weighted by molar-refractivity contribution is 0.104. The van der Waals surface area contributed by atoms with Crippen LogP contribution in [-0.4, -0.2) is 39.1 Å². The Hall–Kier alpha value is -1.63. The van der Waals surface area contributed by atoms with Gasteiger partial charge in [-0.25, -0.2) is 0 Å². The van der Waals surface area contributed by atoms with Crippen molar-refractivity contribution in [3.05, 3.63) is 41.4 Å². The van der Waals surface area contributed by atoms with E-state index in [1.54, 1.807) is 30.6 Å². The third-order valence-corrected chi connectivity index (χ3v) is 3.30. The molecule has 1 aromatic heterocycles. The molecule has 2 aromatic rings. The predicted molar refractivity (Wildman–Crippen MR) is 80.4 cm³/mol. The van der Waals surface area contributed by atoms with Crippen molar-refractivity contribution in [2.24, 2.45) is 7.05 Å². The number of hydrogen-bond acceptors (Lipinski definition) is 5. The standard InChI is InChI=1S/C14H19ClN4O2/c1-10(14-18-17-9-19(14)2)16-7-12(20)8-21-13-5-3-11(15)4-6-13/h3-6,9-10,12,16,20H,7-8H2,1-2H3. The van der Waals surface area contributed by atoms with Gasteiger partial charge in [0.1, 0.15) is 30.6 Å². The van der Waals surface area contributed by atoms with Crippen molar-refractivity contribution in [1.29, 1.82) is 0 Å². The molecular weight excluding hydrogens is 292 g/mol. The van der Waals surface area contributed by atoms with Crippen LogP contribution in [0.15, 0.2) is 30.6 Å². The van der Waals surface area contributed by atoms with Gasteiger partial charge in [-0.2, -0.15) is 0 Å². The van der Waals surface area contributed by atoms with Crippen LogP contribution in [0.5, 0.6) is 5.75 Å². The summed E-state index contributed by atoms with van der Waals surface area (Å²) in [7, 11) is 1.88. The van der Waals surface area contributed by atoms with Crippen LogP contribution in [0.1, 0.15) is 18.8 Å². The normalized spacial score (nSPS) is 13.9. The van der Waals surface area contributed by atoms with E-state index in [1.807, 2.05) is 18.5 Å². The van der Waals surface area contributed by atoms with Gasteiger partial charge in [0.05, 0.1) is 6.04 Å². The highest BCUT2D eigenvalue weighted by atomic mass is 35.5. The number of aliphatic hydroxyl groups excluding tert-OH is 1. The maximum Gasteiger partial charge on any atom is 0.149 e. The lowest BCUT2D eigenvalue weighted by atomic mass is 10.3. The lowest BCUT2D eigenvalue weighted by Gasteiger charge is -2.17. The number of ether oxygens (including phenoxy) is 1. The summed E-state index contributed by atoms with van der Waals surface area (Å²) >= 11 is 5.79. The summed E-state index contributed by atoms with van der Waals surface area (Å²) in [5.74, 6) is 1.50. The molecule has 2 unspecified atom stereocenters. The van der Waals surface area contributed by atoms with Gasteiger partial charge in [0, 0.05) is 18.6 Å². The molecule has 0 aliphatic rings. The summed E-state index contributed by atoms with van der Waals surface area (Å²) in [5, 5.41) is 21.6. The molecule has 0 saturated heterocycles. The first kappa shape index (κ1) is 15.8. The van der Waals surface area contributed by atoms with E-state index >= 15 is 0 Å². The van der Waals surface area contributed by atoms with Crippen molar-refractivity contribution < 1.29 is 9.84 Å². The first-order chi connectivity index (χ1) is 10.1. The second-order valence-electron chi connectivity index (χ2n) is 4.85. The molecular formula is C14H19ClN4O2. The van der Waals surface area contributed by atoms with Crippen LogP contribution in [0.3, 0.4) is 0 Å².